The zero-order valence-electron chi connectivity index (χ0n) is 6.98. The molecule has 7 heteroatoms. The molecule has 2 rings (SSSR count). The molecule has 0 aliphatic carbocycles. The minimum absolute atomic E-state index is 0.391. The van der Waals surface area contributed by atoms with Gasteiger partial charge in [-0.3, -0.25) is 15.5 Å². The van der Waals surface area contributed by atoms with Crippen molar-refractivity contribution >= 4 is 11.8 Å². The minimum atomic E-state index is -1.13. The van der Waals surface area contributed by atoms with Gasteiger partial charge in [0.05, 0.1) is 17.6 Å². The zero-order chi connectivity index (χ0) is 9.97. The lowest BCUT2D eigenvalue weighted by Gasteiger charge is -1.98. The minimum Gasteiger partial charge on any atom is -0.465 e. The molecule has 0 atom stereocenters. The van der Waals surface area contributed by atoms with Crippen LogP contribution in [0.25, 0.3) is 11.4 Å². The van der Waals surface area contributed by atoms with Crippen LogP contribution in [0.15, 0.2) is 18.5 Å². The zero-order valence-corrected chi connectivity index (χ0v) is 6.98. The molecule has 1 amide bonds. The van der Waals surface area contributed by atoms with E-state index in [9.17, 15) is 4.79 Å². The molecule has 0 spiro atoms. The molecule has 0 unspecified atom stereocenters. The number of aromatic nitrogens is 4. The van der Waals surface area contributed by atoms with Gasteiger partial charge < -0.3 is 5.11 Å². The highest BCUT2D eigenvalue weighted by Crippen LogP contribution is 2.22. The van der Waals surface area contributed by atoms with Crippen molar-refractivity contribution in [3.63, 3.8) is 0 Å². The maximum atomic E-state index is 10.4. The summed E-state index contributed by atoms with van der Waals surface area (Å²) in [6.45, 7) is 0. The lowest BCUT2D eigenvalue weighted by atomic mass is 10.3. The van der Waals surface area contributed by atoms with Gasteiger partial charge in [0.2, 0.25) is 0 Å². The molecule has 4 N–H and O–H groups in total. The number of carbonyl (C=O) groups is 1. The first kappa shape index (κ1) is 8.30. The number of amides is 1. The summed E-state index contributed by atoms with van der Waals surface area (Å²) in [5.41, 5.74) is 1.62. The second kappa shape index (κ2) is 3.21. The third kappa shape index (κ3) is 1.42. The number of hydrogen-bond acceptors (Lipinski definition) is 3. The van der Waals surface area contributed by atoms with Crippen molar-refractivity contribution in [2.24, 2.45) is 0 Å². The van der Waals surface area contributed by atoms with E-state index >= 15 is 0 Å². The Balaban J connectivity index is 2.35. The Hall–Kier alpha value is -2.31. The molecule has 0 aliphatic rings. The van der Waals surface area contributed by atoms with Gasteiger partial charge in [0.25, 0.3) is 0 Å². The number of nitrogens with zero attached hydrogens (tertiary/aromatic N) is 2. The SMILES string of the molecule is O=C(O)Nc1cn[nH]c1-c1ccn[nH]1. The van der Waals surface area contributed by atoms with E-state index in [2.05, 4.69) is 25.7 Å². The van der Waals surface area contributed by atoms with Crippen LogP contribution < -0.4 is 5.32 Å². The summed E-state index contributed by atoms with van der Waals surface area (Å²) in [5, 5.41) is 23.6. The summed E-state index contributed by atoms with van der Waals surface area (Å²) >= 11 is 0. The average Bonchev–Trinajstić information content (AvgIpc) is 2.70. The van der Waals surface area contributed by atoms with Crippen molar-refractivity contribution < 1.29 is 9.90 Å². The number of anilines is 1. The largest absolute Gasteiger partial charge is 0.465 e. The third-order valence-electron chi connectivity index (χ3n) is 1.65. The Kier molecular flexibility index (Phi) is 1.90. The quantitative estimate of drug-likeness (QED) is 0.568. The fourth-order valence-corrected chi connectivity index (χ4v) is 1.10. The Morgan fingerprint density at radius 2 is 2.29 bits per heavy atom. The van der Waals surface area contributed by atoms with Crippen molar-refractivity contribution in [3.05, 3.63) is 18.5 Å². The van der Waals surface area contributed by atoms with Crippen LogP contribution in [0.4, 0.5) is 10.5 Å². The van der Waals surface area contributed by atoms with Crippen molar-refractivity contribution in [2.75, 3.05) is 5.32 Å². The monoisotopic (exact) mass is 193 g/mol. The number of hydrogen-bond donors (Lipinski definition) is 4. The standard InChI is InChI=1S/C7H7N5O2/c13-7(14)10-5-3-9-12-6(5)4-1-2-8-11-4/h1-3,10H,(H,8,11)(H,9,12)(H,13,14). The van der Waals surface area contributed by atoms with E-state index in [1.54, 1.807) is 12.3 Å². The predicted octanol–water partition coefficient (Wildman–Crippen LogP) is 0.890. The van der Waals surface area contributed by atoms with Gasteiger partial charge in [-0.2, -0.15) is 10.2 Å². The van der Waals surface area contributed by atoms with E-state index in [1.807, 2.05) is 0 Å². The van der Waals surface area contributed by atoms with Gasteiger partial charge in [-0.05, 0) is 6.07 Å². The van der Waals surface area contributed by atoms with E-state index in [-0.39, 0.29) is 0 Å². The highest BCUT2D eigenvalue weighted by atomic mass is 16.4. The molecule has 2 heterocycles. The van der Waals surface area contributed by atoms with E-state index in [0.717, 1.165) is 0 Å². The van der Waals surface area contributed by atoms with Crippen molar-refractivity contribution in [1.29, 1.82) is 0 Å². The van der Waals surface area contributed by atoms with Crippen LogP contribution in [0.1, 0.15) is 0 Å². The van der Waals surface area contributed by atoms with Gasteiger partial charge in [-0.25, -0.2) is 4.79 Å². The Bertz CT molecular complexity index is 433. The van der Waals surface area contributed by atoms with Crippen molar-refractivity contribution in [3.8, 4) is 11.4 Å². The maximum Gasteiger partial charge on any atom is 0.409 e. The van der Waals surface area contributed by atoms with Gasteiger partial charge in [0.1, 0.15) is 5.69 Å². The molecule has 0 fully saturated rings. The molecule has 0 saturated carbocycles. The Labute approximate surface area is 78.2 Å². The molecule has 0 saturated heterocycles. The molecule has 2 aromatic rings. The Morgan fingerprint density at radius 1 is 1.43 bits per heavy atom. The smallest absolute Gasteiger partial charge is 0.409 e. The number of aromatic amines is 2. The third-order valence-corrected chi connectivity index (χ3v) is 1.65. The summed E-state index contributed by atoms with van der Waals surface area (Å²) in [6, 6.07) is 1.71. The maximum absolute atomic E-state index is 10.4. The van der Waals surface area contributed by atoms with E-state index in [0.29, 0.717) is 17.1 Å². The highest BCUT2D eigenvalue weighted by Gasteiger charge is 2.10. The first-order valence-electron chi connectivity index (χ1n) is 3.80. The fourth-order valence-electron chi connectivity index (χ4n) is 1.10. The number of nitrogens with one attached hydrogen (secondary N) is 3. The predicted molar refractivity (Wildman–Crippen MR) is 47.8 cm³/mol. The van der Waals surface area contributed by atoms with Crippen LogP contribution in [0.2, 0.25) is 0 Å². The summed E-state index contributed by atoms with van der Waals surface area (Å²) in [5.74, 6) is 0. The molecule has 2 aromatic heterocycles. The second-order valence-electron chi connectivity index (χ2n) is 2.56. The molecule has 0 radical (unpaired) electrons. The average molecular weight is 193 g/mol. The van der Waals surface area contributed by atoms with Crippen LogP contribution in [-0.4, -0.2) is 31.6 Å². The van der Waals surface area contributed by atoms with Crippen molar-refractivity contribution in [1.82, 2.24) is 20.4 Å². The highest BCUT2D eigenvalue weighted by molar-refractivity contribution is 5.88. The molecule has 0 bridgehead atoms. The number of carboxylic acid groups (broad SMARTS) is 1. The molecule has 72 valence electrons. The van der Waals surface area contributed by atoms with E-state index in [1.165, 1.54) is 6.20 Å². The molecule has 0 aromatic carbocycles. The number of H-pyrrole nitrogens is 2. The number of rotatable bonds is 2. The summed E-state index contributed by atoms with van der Waals surface area (Å²) < 4.78 is 0. The van der Waals surface area contributed by atoms with Gasteiger partial charge >= 0.3 is 6.09 Å². The summed E-state index contributed by atoms with van der Waals surface area (Å²) in [6.07, 6.45) is 1.83. The second-order valence-corrected chi connectivity index (χ2v) is 2.56. The topological polar surface area (TPSA) is 107 Å². The van der Waals surface area contributed by atoms with Gasteiger partial charge in [0, 0.05) is 6.20 Å². The Morgan fingerprint density at radius 3 is 2.93 bits per heavy atom. The molecule has 14 heavy (non-hydrogen) atoms. The molecular formula is C7H7N5O2. The lowest BCUT2D eigenvalue weighted by Crippen LogP contribution is -2.07. The van der Waals surface area contributed by atoms with E-state index in [4.69, 9.17) is 5.11 Å². The van der Waals surface area contributed by atoms with Gasteiger partial charge in [0.15, 0.2) is 0 Å². The normalized spacial score (nSPS) is 10.0. The first-order valence-corrected chi connectivity index (χ1v) is 3.80. The molecular weight excluding hydrogens is 186 g/mol. The van der Waals surface area contributed by atoms with E-state index < -0.39 is 6.09 Å². The van der Waals surface area contributed by atoms with Gasteiger partial charge in [-0.15, -0.1) is 0 Å². The van der Waals surface area contributed by atoms with Gasteiger partial charge in [-0.1, -0.05) is 0 Å². The molecule has 0 aliphatic heterocycles. The fraction of sp³-hybridized carbons (Fsp3) is 0. The van der Waals surface area contributed by atoms with Crippen LogP contribution >= 0.6 is 0 Å². The molecule has 7 nitrogen and oxygen atoms in total. The first-order chi connectivity index (χ1) is 6.77. The van der Waals surface area contributed by atoms with Crippen molar-refractivity contribution in [2.45, 2.75) is 0 Å². The van der Waals surface area contributed by atoms with Crippen LogP contribution in [0.5, 0.6) is 0 Å². The summed E-state index contributed by atoms with van der Waals surface area (Å²) in [7, 11) is 0. The van der Waals surface area contributed by atoms with Crippen LogP contribution in [0.3, 0.4) is 0 Å². The van der Waals surface area contributed by atoms with Crippen LogP contribution in [0, 0.1) is 0 Å². The lowest BCUT2D eigenvalue weighted by molar-refractivity contribution is 0.210. The van der Waals surface area contributed by atoms with Crippen LogP contribution in [-0.2, 0) is 0 Å². The summed E-state index contributed by atoms with van der Waals surface area (Å²) in [4.78, 5) is 10.4.